The van der Waals surface area contributed by atoms with Crippen LogP contribution >= 0.6 is 0 Å². The molecular formula is C29H38N4O7S. The molecule has 5 rings (SSSR count). The van der Waals surface area contributed by atoms with E-state index in [0.29, 0.717) is 17.5 Å². The number of aliphatic hydroxyl groups excluding tert-OH is 1. The van der Waals surface area contributed by atoms with Crippen molar-refractivity contribution >= 4 is 27.0 Å². The predicted molar refractivity (Wildman–Crippen MR) is 152 cm³/mol. The molecule has 11 nitrogen and oxygen atoms in total. The van der Waals surface area contributed by atoms with E-state index >= 15 is 0 Å². The Morgan fingerprint density at radius 2 is 1.98 bits per heavy atom. The molecule has 2 fully saturated rings. The highest BCUT2D eigenvalue weighted by atomic mass is 32.2. The number of ether oxygens (including phenoxy) is 3. The molecule has 1 amide bonds. The molecule has 2 saturated heterocycles. The van der Waals surface area contributed by atoms with Crippen LogP contribution in [0, 0.1) is 18.8 Å². The number of nitrogens with zero attached hydrogens (tertiary/aromatic N) is 2. The standard InChI is InChI=1S/C29H38N4O7S/c1-18(2)15-33(41(36,37)21-9-10-24-23(14-21)19(3)31-32-24)16-26(34)25(13-20-7-5-4-6-8-20)30-29(35)40-27-17-39-28-22(27)11-12-38-28/h4-10,14,18,22,25-28,34H,11-13,15-17H2,1-3H3,(H,30,35)(H,31,32)/t22-,25-,26+,27-,28+/m0/s1. The van der Waals surface area contributed by atoms with Crippen LogP contribution in [0.1, 0.15) is 31.5 Å². The number of aryl methyl sites for hydroxylation is 1. The zero-order valence-electron chi connectivity index (χ0n) is 23.5. The number of aliphatic hydroxyl groups is 1. The molecule has 41 heavy (non-hydrogen) atoms. The largest absolute Gasteiger partial charge is 0.443 e. The van der Waals surface area contributed by atoms with Gasteiger partial charge in [0, 0.05) is 24.2 Å². The van der Waals surface area contributed by atoms with Gasteiger partial charge in [0.1, 0.15) is 6.10 Å². The molecule has 0 bridgehead atoms. The maximum absolute atomic E-state index is 13.9. The van der Waals surface area contributed by atoms with Crippen LogP contribution in [0.5, 0.6) is 0 Å². The van der Waals surface area contributed by atoms with Crippen molar-refractivity contribution in [1.82, 2.24) is 19.8 Å². The van der Waals surface area contributed by atoms with E-state index in [1.807, 2.05) is 51.1 Å². The Bertz CT molecular complexity index is 1450. The van der Waals surface area contributed by atoms with E-state index in [2.05, 4.69) is 15.5 Å². The summed E-state index contributed by atoms with van der Waals surface area (Å²) in [5.74, 6) is -0.0352. The summed E-state index contributed by atoms with van der Waals surface area (Å²) >= 11 is 0. The van der Waals surface area contributed by atoms with E-state index in [9.17, 15) is 18.3 Å². The number of fused-ring (bicyclic) bond motifs is 2. The van der Waals surface area contributed by atoms with Crippen molar-refractivity contribution in [2.45, 2.75) is 63.0 Å². The lowest BCUT2D eigenvalue weighted by molar-refractivity contribution is -0.0907. The minimum Gasteiger partial charge on any atom is -0.443 e. The smallest absolute Gasteiger partial charge is 0.407 e. The van der Waals surface area contributed by atoms with Crippen molar-refractivity contribution in [3.8, 4) is 0 Å². The molecule has 0 radical (unpaired) electrons. The molecule has 3 aromatic rings. The van der Waals surface area contributed by atoms with Gasteiger partial charge in [-0.25, -0.2) is 13.2 Å². The number of H-pyrrole nitrogens is 1. The molecule has 0 unspecified atom stereocenters. The summed E-state index contributed by atoms with van der Waals surface area (Å²) in [7, 11) is -3.98. The summed E-state index contributed by atoms with van der Waals surface area (Å²) in [5, 5.41) is 22.1. The molecule has 3 N–H and O–H groups in total. The molecule has 2 aliphatic rings. The van der Waals surface area contributed by atoms with Gasteiger partial charge in [-0.1, -0.05) is 44.2 Å². The first kappa shape index (κ1) is 29.5. The van der Waals surface area contributed by atoms with Crippen LogP contribution in [0.4, 0.5) is 4.79 Å². The maximum Gasteiger partial charge on any atom is 0.407 e. The Labute approximate surface area is 240 Å². The van der Waals surface area contributed by atoms with Crippen molar-refractivity contribution in [3.05, 3.63) is 59.8 Å². The highest BCUT2D eigenvalue weighted by Crippen LogP contribution is 2.33. The fourth-order valence-electron chi connectivity index (χ4n) is 5.46. The quantitative estimate of drug-likeness (QED) is 0.311. The number of aromatic amines is 1. The minimum absolute atomic E-state index is 0.00851. The van der Waals surface area contributed by atoms with Crippen LogP contribution in [0.25, 0.3) is 10.9 Å². The van der Waals surface area contributed by atoms with Crippen LogP contribution in [0.15, 0.2) is 53.4 Å². The number of sulfonamides is 1. The van der Waals surface area contributed by atoms with Crippen LogP contribution in [0.3, 0.4) is 0 Å². The third-order valence-electron chi connectivity index (χ3n) is 7.62. The minimum atomic E-state index is -3.98. The Morgan fingerprint density at radius 3 is 2.73 bits per heavy atom. The topological polar surface area (TPSA) is 143 Å². The van der Waals surface area contributed by atoms with Crippen molar-refractivity contribution in [1.29, 1.82) is 0 Å². The van der Waals surface area contributed by atoms with Gasteiger partial charge in [-0.15, -0.1) is 0 Å². The van der Waals surface area contributed by atoms with Gasteiger partial charge in [0.2, 0.25) is 10.0 Å². The van der Waals surface area contributed by atoms with E-state index in [1.165, 1.54) is 10.4 Å². The summed E-state index contributed by atoms with van der Waals surface area (Å²) < 4.78 is 45.8. The van der Waals surface area contributed by atoms with Crippen molar-refractivity contribution in [3.63, 3.8) is 0 Å². The van der Waals surface area contributed by atoms with E-state index in [-0.39, 0.29) is 49.1 Å². The molecule has 0 spiro atoms. The first-order valence-corrected chi connectivity index (χ1v) is 15.4. The molecule has 1 aromatic heterocycles. The van der Waals surface area contributed by atoms with Crippen LogP contribution in [-0.2, 0) is 30.7 Å². The number of benzene rings is 2. The zero-order chi connectivity index (χ0) is 29.1. The van der Waals surface area contributed by atoms with Crippen LogP contribution in [0.2, 0.25) is 0 Å². The second-order valence-electron chi connectivity index (χ2n) is 11.2. The highest BCUT2D eigenvalue weighted by Gasteiger charge is 2.44. The Balaban J connectivity index is 1.35. The summed E-state index contributed by atoms with van der Waals surface area (Å²) in [6.45, 7) is 6.43. The third kappa shape index (κ3) is 6.73. The fraction of sp³-hybridized carbons (Fsp3) is 0.517. The second kappa shape index (κ2) is 12.5. The number of amides is 1. The molecule has 0 aliphatic carbocycles. The average molecular weight is 587 g/mol. The number of hydrogen-bond acceptors (Lipinski definition) is 8. The lowest BCUT2D eigenvalue weighted by atomic mass is 10.0. The summed E-state index contributed by atoms with van der Waals surface area (Å²) in [6, 6.07) is 13.4. The number of alkyl carbamates (subject to hydrolysis) is 1. The van der Waals surface area contributed by atoms with Gasteiger partial charge >= 0.3 is 6.09 Å². The van der Waals surface area contributed by atoms with Crippen LogP contribution < -0.4 is 5.32 Å². The van der Waals surface area contributed by atoms with Crippen molar-refractivity contribution in [2.75, 3.05) is 26.3 Å². The predicted octanol–water partition coefficient (Wildman–Crippen LogP) is 2.98. The van der Waals surface area contributed by atoms with E-state index < -0.39 is 34.4 Å². The number of nitrogens with one attached hydrogen (secondary N) is 2. The normalized spacial score (nSPS) is 22.2. The number of aromatic nitrogens is 2. The van der Waals surface area contributed by atoms with Gasteiger partial charge in [0.05, 0.1) is 41.7 Å². The van der Waals surface area contributed by atoms with Gasteiger partial charge in [0.15, 0.2) is 6.29 Å². The van der Waals surface area contributed by atoms with E-state index in [4.69, 9.17) is 14.2 Å². The molecule has 2 aliphatic heterocycles. The summed E-state index contributed by atoms with van der Waals surface area (Å²) in [4.78, 5) is 13.1. The highest BCUT2D eigenvalue weighted by molar-refractivity contribution is 7.89. The maximum atomic E-state index is 13.9. The average Bonchev–Trinajstić information content (AvgIpc) is 3.66. The van der Waals surface area contributed by atoms with Crippen molar-refractivity contribution < 1.29 is 32.5 Å². The first-order chi connectivity index (χ1) is 19.6. The monoisotopic (exact) mass is 586 g/mol. The second-order valence-corrected chi connectivity index (χ2v) is 13.2. The van der Waals surface area contributed by atoms with Crippen molar-refractivity contribution in [2.24, 2.45) is 11.8 Å². The summed E-state index contributed by atoms with van der Waals surface area (Å²) in [5.41, 5.74) is 2.32. The zero-order valence-corrected chi connectivity index (χ0v) is 24.3. The van der Waals surface area contributed by atoms with Crippen LogP contribution in [-0.4, -0.2) is 85.0 Å². The molecule has 0 saturated carbocycles. The Morgan fingerprint density at radius 1 is 1.20 bits per heavy atom. The molecule has 2 aromatic carbocycles. The number of carbonyl (C=O) groups is 1. The molecule has 12 heteroatoms. The van der Waals surface area contributed by atoms with Gasteiger partial charge in [-0.3, -0.25) is 5.10 Å². The SMILES string of the molecule is Cc1[nH]nc2ccc(S(=O)(=O)N(CC(C)C)C[C@@H](O)[C@H](Cc3ccccc3)NC(=O)O[C@H]3CO[C@H]4OCC[C@H]43)cc12. The van der Waals surface area contributed by atoms with Gasteiger partial charge in [-0.05, 0) is 49.4 Å². The third-order valence-corrected chi connectivity index (χ3v) is 9.45. The summed E-state index contributed by atoms with van der Waals surface area (Å²) in [6.07, 6.45) is -1.70. The number of carbonyl (C=O) groups excluding carboxylic acids is 1. The number of rotatable bonds is 11. The molecule has 3 heterocycles. The van der Waals surface area contributed by atoms with E-state index in [0.717, 1.165) is 17.7 Å². The lowest BCUT2D eigenvalue weighted by Gasteiger charge is -2.31. The lowest BCUT2D eigenvalue weighted by Crippen LogP contribution is -2.51. The first-order valence-electron chi connectivity index (χ1n) is 14.0. The molecule has 222 valence electrons. The van der Waals surface area contributed by atoms with Gasteiger partial charge in [0.25, 0.3) is 0 Å². The molecular weight excluding hydrogens is 548 g/mol. The fourth-order valence-corrected chi connectivity index (χ4v) is 7.11. The molecule has 5 atom stereocenters. The number of hydrogen-bond donors (Lipinski definition) is 3. The Kier molecular flexibility index (Phi) is 8.95. The van der Waals surface area contributed by atoms with Gasteiger partial charge in [-0.2, -0.15) is 9.40 Å². The Hall–Kier alpha value is -3.03. The van der Waals surface area contributed by atoms with Gasteiger partial charge < -0.3 is 24.6 Å². The van der Waals surface area contributed by atoms with E-state index in [1.54, 1.807) is 12.1 Å².